The fourth-order valence-corrected chi connectivity index (χ4v) is 6.80. The van der Waals surface area contributed by atoms with Gasteiger partial charge in [-0.05, 0) is 30.5 Å². The fourth-order valence-electron chi connectivity index (χ4n) is 5.39. The van der Waals surface area contributed by atoms with Gasteiger partial charge in [-0.1, -0.05) is 89.7 Å². The number of carbonyl (C=O) groups excluding carboxylic acids is 1. The van der Waals surface area contributed by atoms with Gasteiger partial charge in [-0.2, -0.15) is 0 Å². The highest BCUT2D eigenvalue weighted by Crippen LogP contribution is 2.51. The van der Waals surface area contributed by atoms with Gasteiger partial charge in [0.2, 0.25) is 5.91 Å². The fraction of sp³-hybridized carbons (Fsp3) is 0.625. The van der Waals surface area contributed by atoms with E-state index in [9.17, 15) is 9.36 Å². The van der Waals surface area contributed by atoms with Crippen molar-refractivity contribution in [3.63, 3.8) is 0 Å². The van der Waals surface area contributed by atoms with Crippen LogP contribution in [0.4, 0.5) is 5.82 Å². The van der Waals surface area contributed by atoms with Crippen LogP contribution in [0, 0.1) is 0 Å². The zero-order valence-electron chi connectivity index (χ0n) is 26.6. The van der Waals surface area contributed by atoms with Gasteiger partial charge in [-0.15, -0.1) is 0 Å². The summed E-state index contributed by atoms with van der Waals surface area (Å²) in [6, 6.07) is 6.37. The number of amides is 1. The number of hydrogen-bond donors (Lipinski definition) is 3. The number of benzene rings is 1. The van der Waals surface area contributed by atoms with Crippen LogP contribution in [-0.4, -0.2) is 57.1 Å². The Morgan fingerprint density at radius 2 is 1.69 bits per heavy atom. The average Bonchev–Trinajstić information content (AvgIpc) is 3.45. The number of anilines is 1. The summed E-state index contributed by atoms with van der Waals surface area (Å²) in [7, 11) is -3.49. The Hall–Kier alpha value is -3.05. The Morgan fingerprint density at radius 1 is 1.02 bits per heavy atom. The van der Waals surface area contributed by atoms with Crippen LogP contribution < -0.4 is 21.3 Å². The van der Waals surface area contributed by atoms with Crippen LogP contribution in [0.5, 0.6) is 5.75 Å². The maximum atomic E-state index is 13.1. The molecule has 5 N–H and O–H groups in total. The second-order valence-corrected chi connectivity index (χ2v) is 13.8. The third-order valence-corrected chi connectivity index (χ3v) is 9.54. The quantitative estimate of drug-likeness (QED) is 0.102. The van der Waals surface area contributed by atoms with Crippen molar-refractivity contribution in [1.82, 2.24) is 24.8 Å². The van der Waals surface area contributed by atoms with E-state index >= 15 is 0 Å². The number of rotatable bonds is 20. The zero-order valence-corrected chi connectivity index (χ0v) is 27.5. The second-order valence-electron chi connectivity index (χ2n) is 11.9. The lowest BCUT2D eigenvalue weighted by Gasteiger charge is -2.29. The SMILES string of the molecule is CCCCCCCCCCCCCCNC(=O)[C@@H](N)Cc1ccc(OP2(=O)CO[C@@H](Cn3cnc4c(N)ncnc43)CO2)cc1. The Labute approximate surface area is 266 Å². The van der Waals surface area contributed by atoms with Gasteiger partial charge >= 0.3 is 7.60 Å². The van der Waals surface area contributed by atoms with E-state index in [0.717, 1.165) is 18.4 Å². The van der Waals surface area contributed by atoms with Crippen LogP contribution in [0.3, 0.4) is 0 Å². The number of imidazole rings is 1. The van der Waals surface area contributed by atoms with Gasteiger partial charge in [0.1, 0.15) is 23.7 Å². The average molecular weight is 644 g/mol. The number of nitrogens with one attached hydrogen (secondary N) is 1. The number of nitrogens with zero attached hydrogens (tertiary/aromatic N) is 4. The highest BCUT2D eigenvalue weighted by molar-refractivity contribution is 7.54. The van der Waals surface area contributed by atoms with Crippen LogP contribution in [0.15, 0.2) is 36.9 Å². The van der Waals surface area contributed by atoms with Crippen LogP contribution >= 0.6 is 7.60 Å². The Balaban J connectivity index is 1.08. The molecule has 1 aliphatic rings. The summed E-state index contributed by atoms with van der Waals surface area (Å²) < 4.78 is 32.1. The van der Waals surface area contributed by atoms with Gasteiger partial charge in [0.25, 0.3) is 0 Å². The molecule has 1 fully saturated rings. The van der Waals surface area contributed by atoms with Crippen molar-refractivity contribution in [2.24, 2.45) is 5.73 Å². The molecule has 0 radical (unpaired) electrons. The number of carbonyl (C=O) groups is 1. The van der Waals surface area contributed by atoms with Crippen molar-refractivity contribution in [2.75, 3.05) is 25.2 Å². The van der Waals surface area contributed by atoms with Gasteiger partial charge in [0.15, 0.2) is 17.8 Å². The predicted molar refractivity (Wildman–Crippen MR) is 176 cm³/mol. The van der Waals surface area contributed by atoms with Crippen molar-refractivity contribution >= 4 is 30.5 Å². The molecule has 12 nitrogen and oxygen atoms in total. The molecule has 1 unspecified atom stereocenters. The highest BCUT2D eigenvalue weighted by atomic mass is 31.2. The lowest BCUT2D eigenvalue weighted by atomic mass is 10.0. The maximum absolute atomic E-state index is 13.1. The summed E-state index contributed by atoms with van der Waals surface area (Å²) >= 11 is 0. The topological polar surface area (TPSA) is 169 Å². The minimum absolute atomic E-state index is 0.0822. The number of unbranched alkanes of at least 4 members (excludes halogenated alkanes) is 11. The molecule has 3 aromatic rings. The van der Waals surface area contributed by atoms with E-state index in [0.29, 0.717) is 42.2 Å². The van der Waals surface area contributed by atoms with E-state index in [2.05, 4.69) is 27.2 Å². The van der Waals surface area contributed by atoms with Crippen molar-refractivity contribution in [3.8, 4) is 5.75 Å². The summed E-state index contributed by atoms with van der Waals surface area (Å²) in [6.07, 6.45) is 18.2. The molecule has 4 rings (SSSR count). The first-order valence-corrected chi connectivity index (χ1v) is 18.2. The first-order valence-electron chi connectivity index (χ1n) is 16.4. The van der Waals surface area contributed by atoms with Crippen LogP contribution in [0.2, 0.25) is 0 Å². The molecule has 0 spiro atoms. The number of aromatic nitrogens is 4. The van der Waals surface area contributed by atoms with Gasteiger partial charge in [-0.25, -0.2) is 19.5 Å². The number of hydrogen-bond acceptors (Lipinski definition) is 10. The lowest BCUT2D eigenvalue weighted by Crippen LogP contribution is -2.42. The van der Waals surface area contributed by atoms with E-state index in [-0.39, 0.29) is 25.0 Å². The molecular weight excluding hydrogens is 593 g/mol. The molecular formula is C32H50N7O5P. The summed E-state index contributed by atoms with van der Waals surface area (Å²) in [4.78, 5) is 24.9. The molecule has 1 aromatic carbocycles. The molecule has 13 heteroatoms. The molecule has 1 saturated heterocycles. The monoisotopic (exact) mass is 643 g/mol. The summed E-state index contributed by atoms with van der Waals surface area (Å²) in [6.45, 7) is 3.38. The largest absolute Gasteiger partial charge is 0.423 e. The van der Waals surface area contributed by atoms with Crippen molar-refractivity contribution < 1.29 is 23.1 Å². The van der Waals surface area contributed by atoms with E-state index in [1.54, 1.807) is 23.0 Å². The standard InChI is InChI=1S/C32H50N7O5P/c1-2-3-4-5-6-7-8-9-10-11-12-13-18-35-32(40)28(33)19-25-14-16-26(17-15-25)44-45(41)24-42-27(21-43-45)20-39-23-38-29-30(34)36-22-37-31(29)39/h14-17,22-23,27-28H,2-13,18-21,24,33H2,1H3,(H,35,40)(H2,34,36,37)/t27-,28-,45?/m0/s1. The van der Waals surface area contributed by atoms with Crippen molar-refractivity contribution in [3.05, 3.63) is 42.5 Å². The van der Waals surface area contributed by atoms with Gasteiger partial charge in [0, 0.05) is 6.54 Å². The minimum atomic E-state index is -3.49. The predicted octanol–water partition coefficient (Wildman–Crippen LogP) is 5.74. The Morgan fingerprint density at radius 3 is 2.33 bits per heavy atom. The van der Waals surface area contributed by atoms with Crippen LogP contribution in [-0.2, 0) is 31.6 Å². The summed E-state index contributed by atoms with van der Waals surface area (Å²) in [5, 5.41) is 2.96. The molecule has 2 aromatic heterocycles. The van der Waals surface area contributed by atoms with E-state index < -0.39 is 13.6 Å². The first-order chi connectivity index (χ1) is 21.9. The van der Waals surface area contributed by atoms with Crippen LogP contribution in [0.1, 0.15) is 89.5 Å². The minimum Gasteiger partial charge on any atom is -0.423 e. The normalized spacial score (nSPS) is 19.0. The number of nitrogen functional groups attached to an aromatic ring is 1. The summed E-state index contributed by atoms with van der Waals surface area (Å²) in [5.74, 6) is 0.547. The molecule has 248 valence electrons. The van der Waals surface area contributed by atoms with Crippen molar-refractivity contribution in [2.45, 2.75) is 109 Å². The lowest BCUT2D eigenvalue weighted by molar-refractivity contribution is -0.122. The van der Waals surface area contributed by atoms with E-state index in [1.807, 2.05) is 12.1 Å². The zero-order chi connectivity index (χ0) is 31.9. The number of fused-ring (bicyclic) bond motifs is 1. The number of ether oxygens (including phenoxy) is 1. The molecule has 1 amide bonds. The van der Waals surface area contributed by atoms with E-state index in [4.69, 9.17) is 25.3 Å². The summed E-state index contributed by atoms with van der Waals surface area (Å²) in [5.41, 5.74) is 14.0. The van der Waals surface area contributed by atoms with Gasteiger partial charge < -0.3 is 30.6 Å². The molecule has 45 heavy (non-hydrogen) atoms. The Bertz CT molecular complexity index is 1360. The van der Waals surface area contributed by atoms with E-state index in [1.165, 1.54) is 70.5 Å². The molecule has 0 aliphatic carbocycles. The second kappa shape index (κ2) is 18.2. The van der Waals surface area contributed by atoms with Crippen LogP contribution in [0.25, 0.3) is 11.2 Å². The third-order valence-electron chi connectivity index (χ3n) is 8.05. The van der Waals surface area contributed by atoms with Gasteiger partial charge in [-0.3, -0.25) is 9.32 Å². The molecule has 1 aliphatic heterocycles. The van der Waals surface area contributed by atoms with Gasteiger partial charge in [0.05, 0.1) is 25.5 Å². The van der Waals surface area contributed by atoms with Crippen molar-refractivity contribution in [1.29, 1.82) is 0 Å². The highest BCUT2D eigenvalue weighted by Gasteiger charge is 2.35. The molecule has 3 heterocycles. The smallest absolute Gasteiger partial charge is 0.404 e. The Kier molecular flexibility index (Phi) is 14.1. The molecule has 0 saturated carbocycles. The molecule has 0 bridgehead atoms. The number of nitrogens with two attached hydrogens (primary N) is 2. The maximum Gasteiger partial charge on any atom is 0.404 e. The first kappa shape index (κ1) is 34.8. The third kappa shape index (κ3) is 11.4. The molecule has 3 atom stereocenters.